The van der Waals surface area contributed by atoms with E-state index in [1.807, 2.05) is 31.2 Å². The van der Waals surface area contributed by atoms with E-state index >= 15 is 0 Å². The number of rotatable bonds is 10. The summed E-state index contributed by atoms with van der Waals surface area (Å²) in [6, 6.07) is 12.1. The van der Waals surface area contributed by atoms with Crippen molar-refractivity contribution >= 4 is 46.9 Å². The number of piperazine rings is 1. The number of carboxylic acids is 2. The average Bonchev–Trinajstić information content (AvgIpc) is 3.67. The normalized spacial score (nSPS) is 15.2. The van der Waals surface area contributed by atoms with Crippen LogP contribution < -0.4 is 10.2 Å². The fourth-order valence-corrected chi connectivity index (χ4v) is 4.76. The second-order valence-electron chi connectivity index (χ2n) is 9.87. The zero-order valence-corrected chi connectivity index (χ0v) is 23.3. The van der Waals surface area contributed by atoms with Gasteiger partial charge in [-0.2, -0.15) is 5.10 Å². The first-order valence-corrected chi connectivity index (χ1v) is 13.8. The van der Waals surface area contributed by atoms with Crippen molar-refractivity contribution in [2.24, 2.45) is 5.92 Å². The molecule has 1 aliphatic carbocycles. The molecule has 3 aromatic rings. The van der Waals surface area contributed by atoms with E-state index in [2.05, 4.69) is 44.5 Å². The zero-order valence-electron chi connectivity index (χ0n) is 22.5. The van der Waals surface area contributed by atoms with Crippen LogP contribution >= 0.6 is 11.8 Å². The molecule has 1 aliphatic heterocycles. The Morgan fingerprint density at radius 1 is 1.00 bits per heavy atom. The summed E-state index contributed by atoms with van der Waals surface area (Å²) in [5.74, 6) is 0.412. The predicted molar refractivity (Wildman–Crippen MR) is 150 cm³/mol. The molecule has 12 nitrogen and oxygen atoms in total. The lowest BCUT2D eigenvalue weighted by molar-refractivity contribution is -0.147. The quantitative estimate of drug-likeness (QED) is 0.209. The number of aliphatic carboxylic acids is 2. The first kappa shape index (κ1) is 29.0. The van der Waals surface area contributed by atoms with Crippen LogP contribution in [-0.4, -0.2) is 86.2 Å². The van der Waals surface area contributed by atoms with Gasteiger partial charge < -0.3 is 25.3 Å². The highest BCUT2D eigenvalue weighted by Crippen LogP contribution is 2.32. The molecule has 2 aromatic heterocycles. The van der Waals surface area contributed by atoms with Crippen LogP contribution in [0.4, 0.5) is 17.5 Å². The molecule has 1 aromatic carbocycles. The number of aryl methyl sites for hydroxylation is 1. The van der Waals surface area contributed by atoms with Crippen LogP contribution in [0.3, 0.4) is 0 Å². The van der Waals surface area contributed by atoms with Gasteiger partial charge in [0.15, 0.2) is 11.0 Å². The first-order valence-electron chi connectivity index (χ1n) is 13.0. The van der Waals surface area contributed by atoms with Gasteiger partial charge in [-0.25, -0.2) is 9.97 Å². The second kappa shape index (κ2) is 13.4. The van der Waals surface area contributed by atoms with Crippen LogP contribution in [0.1, 0.15) is 30.5 Å². The number of nitrogens with one attached hydrogen (secondary N) is 2. The first-order chi connectivity index (χ1) is 19.1. The molecule has 2 fully saturated rings. The van der Waals surface area contributed by atoms with E-state index in [1.54, 1.807) is 0 Å². The van der Waals surface area contributed by atoms with Gasteiger partial charge in [-0.1, -0.05) is 12.1 Å². The van der Waals surface area contributed by atoms with Crippen LogP contribution in [0, 0.1) is 12.8 Å². The summed E-state index contributed by atoms with van der Waals surface area (Å²) < 4.78 is 0. The van der Waals surface area contributed by atoms with E-state index in [0.29, 0.717) is 23.3 Å². The van der Waals surface area contributed by atoms with E-state index in [9.17, 15) is 14.4 Å². The van der Waals surface area contributed by atoms with Gasteiger partial charge in [-0.3, -0.25) is 19.5 Å². The number of nitrogens with zero attached hydrogens (tertiary/aromatic N) is 5. The van der Waals surface area contributed by atoms with Crippen LogP contribution in [0.15, 0.2) is 46.5 Å². The predicted octanol–water partition coefficient (Wildman–Crippen LogP) is 3.22. The van der Waals surface area contributed by atoms with E-state index < -0.39 is 18.4 Å². The van der Waals surface area contributed by atoms with Gasteiger partial charge in [0.25, 0.3) is 0 Å². The lowest BCUT2D eigenvalue weighted by atomic mass is 10.1. The SMILES string of the molecule is Cc1cc(Nc2cc(N3CCN(C)CC3)nc(Sc3ccc(CC(=O)C4CC4)cc3)n2)n[nH]1.O=C(O)CC(=O)O. The van der Waals surface area contributed by atoms with Crippen molar-refractivity contribution in [2.75, 3.05) is 43.4 Å². The molecule has 0 amide bonds. The number of aromatic amines is 1. The van der Waals surface area contributed by atoms with Crippen LogP contribution in [0.5, 0.6) is 0 Å². The number of carbonyl (C=O) groups is 3. The summed E-state index contributed by atoms with van der Waals surface area (Å²) in [7, 11) is 2.15. The number of benzene rings is 1. The monoisotopic (exact) mass is 567 g/mol. The van der Waals surface area contributed by atoms with Crippen molar-refractivity contribution in [3.05, 3.63) is 47.7 Å². The van der Waals surface area contributed by atoms with Crippen molar-refractivity contribution in [1.29, 1.82) is 0 Å². The molecule has 13 heteroatoms. The van der Waals surface area contributed by atoms with Crippen molar-refractivity contribution in [1.82, 2.24) is 25.1 Å². The largest absolute Gasteiger partial charge is 0.481 e. The molecule has 2 aliphatic rings. The summed E-state index contributed by atoms with van der Waals surface area (Å²) in [5, 5.41) is 26.6. The zero-order chi connectivity index (χ0) is 28.6. The maximum atomic E-state index is 12.1. The summed E-state index contributed by atoms with van der Waals surface area (Å²) in [4.78, 5) is 46.2. The molecule has 1 saturated heterocycles. The van der Waals surface area contributed by atoms with Crippen molar-refractivity contribution in [2.45, 2.75) is 42.7 Å². The fourth-order valence-electron chi connectivity index (χ4n) is 3.99. The van der Waals surface area contributed by atoms with E-state index in [1.165, 1.54) is 11.8 Å². The fraction of sp³-hybridized carbons (Fsp3) is 0.407. The molecular formula is C27H33N7O5S. The Morgan fingerprint density at radius 2 is 1.68 bits per heavy atom. The molecule has 0 unspecified atom stereocenters. The van der Waals surface area contributed by atoms with Gasteiger partial charge >= 0.3 is 11.9 Å². The Balaban J connectivity index is 0.000000470. The number of H-pyrrole nitrogens is 1. The number of hydrogen-bond acceptors (Lipinski definition) is 10. The Bertz CT molecular complexity index is 1320. The minimum Gasteiger partial charge on any atom is -0.481 e. The number of hydrogen-bond donors (Lipinski definition) is 4. The number of likely N-dealkylation sites (N-methyl/N-ethyl adjacent to an activating group) is 1. The second-order valence-corrected chi connectivity index (χ2v) is 10.9. The molecule has 0 atom stereocenters. The Labute approximate surface area is 236 Å². The highest BCUT2D eigenvalue weighted by molar-refractivity contribution is 7.99. The van der Waals surface area contributed by atoms with Gasteiger partial charge in [0.1, 0.15) is 23.8 Å². The minimum absolute atomic E-state index is 0.300. The highest BCUT2D eigenvalue weighted by Gasteiger charge is 2.29. The van der Waals surface area contributed by atoms with Gasteiger partial charge in [0, 0.05) is 61.2 Å². The maximum Gasteiger partial charge on any atom is 0.314 e. The Morgan fingerprint density at radius 3 is 2.23 bits per heavy atom. The summed E-state index contributed by atoms with van der Waals surface area (Å²) in [5.41, 5.74) is 2.06. The molecule has 3 heterocycles. The van der Waals surface area contributed by atoms with Gasteiger partial charge in [-0.05, 0) is 56.3 Å². The van der Waals surface area contributed by atoms with Crippen LogP contribution in [-0.2, 0) is 20.8 Å². The van der Waals surface area contributed by atoms with Crippen molar-refractivity contribution < 1.29 is 24.6 Å². The molecule has 212 valence electrons. The summed E-state index contributed by atoms with van der Waals surface area (Å²) >= 11 is 1.53. The van der Waals surface area contributed by atoms with Crippen LogP contribution in [0.2, 0.25) is 0 Å². The third kappa shape index (κ3) is 9.06. The molecule has 40 heavy (non-hydrogen) atoms. The van der Waals surface area contributed by atoms with Crippen LogP contribution in [0.25, 0.3) is 0 Å². The lowest BCUT2D eigenvalue weighted by Gasteiger charge is -2.33. The topological polar surface area (TPSA) is 165 Å². The Kier molecular flexibility index (Phi) is 9.72. The maximum absolute atomic E-state index is 12.1. The van der Waals surface area contributed by atoms with E-state index in [-0.39, 0.29) is 0 Å². The van der Waals surface area contributed by atoms with Gasteiger partial charge in [0.05, 0.1) is 0 Å². The molecule has 0 bridgehead atoms. The van der Waals surface area contributed by atoms with Gasteiger partial charge in [0.2, 0.25) is 0 Å². The highest BCUT2D eigenvalue weighted by atomic mass is 32.2. The molecular weight excluding hydrogens is 534 g/mol. The van der Waals surface area contributed by atoms with Crippen molar-refractivity contribution in [3.8, 4) is 0 Å². The standard InChI is InChI=1S/C24H29N7OS.C3H4O4/c1-16-13-22(29-28-16)25-21-15-23(31-11-9-30(2)10-12-31)27-24(26-21)33-19-7-3-17(4-8-19)14-20(32)18-5-6-18;4-2(5)1-3(6)7/h3-4,7-8,13,15,18H,5-6,9-12,14H2,1-2H3,(H2,25,26,27,28,29);1H2,(H,4,5)(H,6,7). The number of anilines is 3. The average molecular weight is 568 g/mol. The number of Topliss-reactive ketones (excluding diaryl/α,β-unsaturated/α-hetero) is 1. The molecule has 4 N–H and O–H groups in total. The summed E-state index contributed by atoms with van der Waals surface area (Å²) in [6.07, 6.45) is 1.84. The van der Waals surface area contributed by atoms with Gasteiger partial charge in [-0.15, -0.1) is 0 Å². The third-order valence-corrected chi connectivity index (χ3v) is 7.20. The summed E-state index contributed by atoms with van der Waals surface area (Å²) in [6.45, 7) is 5.85. The molecule has 1 saturated carbocycles. The smallest absolute Gasteiger partial charge is 0.314 e. The Hall–Kier alpha value is -3.97. The molecule has 0 radical (unpaired) electrons. The van der Waals surface area contributed by atoms with E-state index in [4.69, 9.17) is 20.2 Å². The van der Waals surface area contributed by atoms with E-state index in [0.717, 1.165) is 72.6 Å². The minimum atomic E-state index is -1.31. The molecule has 0 spiro atoms. The third-order valence-electron chi connectivity index (χ3n) is 6.33. The lowest BCUT2D eigenvalue weighted by Crippen LogP contribution is -2.44. The number of carbonyl (C=O) groups excluding carboxylic acids is 1. The number of ketones is 1. The molecule has 5 rings (SSSR count). The number of carboxylic acid groups (broad SMARTS) is 2. The number of aromatic nitrogens is 4. The van der Waals surface area contributed by atoms with Crippen molar-refractivity contribution in [3.63, 3.8) is 0 Å².